The average Bonchev–Trinajstić information content (AvgIpc) is 3.44. The minimum absolute atomic E-state index is 0.0732. The van der Waals surface area contributed by atoms with E-state index in [9.17, 15) is 4.79 Å². The van der Waals surface area contributed by atoms with Gasteiger partial charge in [-0.2, -0.15) is 0 Å². The number of nitrogens with zero attached hydrogens (tertiary/aromatic N) is 2. The highest BCUT2D eigenvalue weighted by atomic mass is 16.2. The predicted octanol–water partition coefficient (Wildman–Crippen LogP) is 3.21. The predicted molar refractivity (Wildman–Crippen MR) is 96.1 cm³/mol. The molecular formula is C20H23N3O. The van der Waals surface area contributed by atoms with E-state index in [1.165, 1.54) is 11.3 Å². The Morgan fingerprint density at radius 3 is 2.00 bits per heavy atom. The molecule has 124 valence electrons. The first-order chi connectivity index (χ1) is 11.8. The number of carbonyl (C=O) groups is 1. The van der Waals surface area contributed by atoms with E-state index in [1.807, 2.05) is 29.2 Å². The summed E-state index contributed by atoms with van der Waals surface area (Å²) < 4.78 is 0. The Kier molecular flexibility index (Phi) is 3.89. The van der Waals surface area contributed by atoms with Crippen LogP contribution in [0, 0.1) is 0 Å². The molecule has 24 heavy (non-hydrogen) atoms. The molecule has 2 fully saturated rings. The molecule has 0 unspecified atom stereocenters. The van der Waals surface area contributed by atoms with E-state index in [4.69, 9.17) is 0 Å². The van der Waals surface area contributed by atoms with Crippen molar-refractivity contribution in [3.8, 4) is 0 Å². The number of nitrogens with one attached hydrogen (secondary N) is 1. The summed E-state index contributed by atoms with van der Waals surface area (Å²) in [7, 11) is 0. The summed E-state index contributed by atoms with van der Waals surface area (Å²) in [5.74, 6) is 0. The summed E-state index contributed by atoms with van der Waals surface area (Å²) in [5, 5.41) is 3.28. The molecule has 4 nitrogen and oxygen atoms in total. The van der Waals surface area contributed by atoms with Gasteiger partial charge in [-0.25, -0.2) is 4.79 Å². The summed E-state index contributed by atoms with van der Waals surface area (Å²) >= 11 is 0. The number of hydrogen-bond donors (Lipinski definition) is 1. The maximum atomic E-state index is 12.7. The molecule has 1 saturated carbocycles. The van der Waals surface area contributed by atoms with Crippen LogP contribution in [-0.4, -0.2) is 37.1 Å². The molecule has 1 heterocycles. The number of rotatable bonds is 3. The van der Waals surface area contributed by atoms with Crippen molar-refractivity contribution in [2.24, 2.45) is 0 Å². The minimum Gasteiger partial charge on any atom is -0.368 e. The molecule has 0 bridgehead atoms. The molecule has 2 aromatic carbocycles. The van der Waals surface area contributed by atoms with Gasteiger partial charge in [-0.1, -0.05) is 48.5 Å². The van der Waals surface area contributed by atoms with E-state index in [1.54, 1.807) is 0 Å². The van der Waals surface area contributed by atoms with Gasteiger partial charge in [-0.05, 0) is 30.5 Å². The molecule has 1 aliphatic carbocycles. The van der Waals surface area contributed by atoms with E-state index in [2.05, 4.69) is 46.6 Å². The van der Waals surface area contributed by atoms with Gasteiger partial charge in [0.05, 0.1) is 5.54 Å². The lowest BCUT2D eigenvalue weighted by atomic mass is 10.1. The van der Waals surface area contributed by atoms with Crippen LogP contribution < -0.4 is 10.2 Å². The molecule has 1 aliphatic heterocycles. The van der Waals surface area contributed by atoms with Crippen LogP contribution in [0.2, 0.25) is 0 Å². The smallest absolute Gasteiger partial charge is 0.318 e. The van der Waals surface area contributed by atoms with Crippen molar-refractivity contribution in [1.29, 1.82) is 0 Å². The molecule has 0 spiro atoms. The van der Waals surface area contributed by atoms with Crippen LogP contribution in [0.1, 0.15) is 18.4 Å². The summed E-state index contributed by atoms with van der Waals surface area (Å²) in [4.78, 5) is 17.0. The third kappa shape index (κ3) is 2.96. The van der Waals surface area contributed by atoms with Crippen molar-refractivity contribution in [3.63, 3.8) is 0 Å². The van der Waals surface area contributed by atoms with Crippen molar-refractivity contribution in [1.82, 2.24) is 10.2 Å². The van der Waals surface area contributed by atoms with E-state index in [0.29, 0.717) is 0 Å². The van der Waals surface area contributed by atoms with Crippen molar-refractivity contribution in [2.75, 3.05) is 31.1 Å². The van der Waals surface area contributed by atoms with Gasteiger partial charge in [-0.15, -0.1) is 0 Å². The van der Waals surface area contributed by atoms with Gasteiger partial charge in [0.1, 0.15) is 0 Å². The van der Waals surface area contributed by atoms with E-state index >= 15 is 0 Å². The van der Waals surface area contributed by atoms with Crippen LogP contribution in [0.4, 0.5) is 10.5 Å². The quantitative estimate of drug-likeness (QED) is 0.942. The van der Waals surface area contributed by atoms with Crippen LogP contribution in [0.15, 0.2) is 60.7 Å². The second kappa shape index (κ2) is 6.19. The molecule has 1 saturated heterocycles. The fourth-order valence-electron chi connectivity index (χ4n) is 3.46. The first-order valence-electron chi connectivity index (χ1n) is 8.69. The Hall–Kier alpha value is -2.49. The maximum absolute atomic E-state index is 12.7. The summed E-state index contributed by atoms with van der Waals surface area (Å²) in [5.41, 5.74) is 2.33. The highest BCUT2D eigenvalue weighted by Gasteiger charge is 2.46. The van der Waals surface area contributed by atoms with E-state index in [0.717, 1.165) is 39.0 Å². The lowest BCUT2D eigenvalue weighted by Gasteiger charge is -2.37. The summed E-state index contributed by atoms with van der Waals surface area (Å²) in [6.07, 6.45) is 2.07. The lowest BCUT2D eigenvalue weighted by molar-refractivity contribution is 0.189. The molecule has 0 aromatic heterocycles. The van der Waals surface area contributed by atoms with Crippen molar-refractivity contribution in [3.05, 3.63) is 66.2 Å². The highest BCUT2D eigenvalue weighted by molar-refractivity contribution is 5.76. The number of anilines is 1. The first kappa shape index (κ1) is 15.1. The first-order valence-corrected chi connectivity index (χ1v) is 8.69. The molecule has 1 N–H and O–H groups in total. The molecule has 2 aliphatic rings. The second-order valence-electron chi connectivity index (χ2n) is 6.69. The zero-order chi connectivity index (χ0) is 16.4. The van der Waals surface area contributed by atoms with Gasteiger partial charge in [0.25, 0.3) is 0 Å². The standard InChI is InChI=1S/C20H23N3O/c24-19(21-20(11-12-20)17-7-3-1-4-8-17)23-15-13-22(14-16-23)18-9-5-2-6-10-18/h1-10H,11-16H2,(H,21,24). The lowest BCUT2D eigenvalue weighted by Crippen LogP contribution is -2.53. The monoisotopic (exact) mass is 321 g/mol. The highest BCUT2D eigenvalue weighted by Crippen LogP contribution is 2.45. The number of benzene rings is 2. The van der Waals surface area contributed by atoms with Crippen LogP contribution in [-0.2, 0) is 5.54 Å². The summed E-state index contributed by atoms with van der Waals surface area (Å²) in [6, 6.07) is 20.8. The normalized spacial score (nSPS) is 19.0. The number of para-hydroxylation sites is 1. The fraction of sp³-hybridized carbons (Fsp3) is 0.350. The van der Waals surface area contributed by atoms with Crippen LogP contribution in [0.3, 0.4) is 0 Å². The Bertz CT molecular complexity index is 689. The third-order valence-electron chi connectivity index (χ3n) is 5.11. The number of amides is 2. The molecule has 4 rings (SSSR count). The largest absolute Gasteiger partial charge is 0.368 e. The Balaban J connectivity index is 1.36. The molecule has 2 amide bonds. The fourth-order valence-corrected chi connectivity index (χ4v) is 3.46. The Morgan fingerprint density at radius 2 is 1.42 bits per heavy atom. The van der Waals surface area contributed by atoms with Crippen molar-refractivity contribution in [2.45, 2.75) is 18.4 Å². The molecular weight excluding hydrogens is 298 g/mol. The molecule has 0 radical (unpaired) electrons. The zero-order valence-corrected chi connectivity index (χ0v) is 13.8. The molecule has 0 atom stereocenters. The van der Waals surface area contributed by atoms with Crippen LogP contribution in [0.5, 0.6) is 0 Å². The van der Waals surface area contributed by atoms with Gasteiger partial charge in [0, 0.05) is 31.9 Å². The second-order valence-corrected chi connectivity index (χ2v) is 6.69. The van der Waals surface area contributed by atoms with Crippen molar-refractivity contribution < 1.29 is 4.79 Å². The van der Waals surface area contributed by atoms with Gasteiger partial charge in [-0.3, -0.25) is 0 Å². The van der Waals surface area contributed by atoms with E-state index < -0.39 is 0 Å². The minimum atomic E-state index is -0.130. The third-order valence-corrected chi connectivity index (χ3v) is 5.11. The Morgan fingerprint density at radius 1 is 0.833 bits per heavy atom. The Labute approximate surface area is 143 Å². The molecule has 4 heteroatoms. The van der Waals surface area contributed by atoms with Crippen LogP contribution >= 0.6 is 0 Å². The van der Waals surface area contributed by atoms with Gasteiger partial charge in [0.2, 0.25) is 0 Å². The topological polar surface area (TPSA) is 35.6 Å². The number of carbonyl (C=O) groups excluding carboxylic acids is 1. The molecule has 2 aromatic rings. The average molecular weight is 321 g/mol. The number of piperazine rings is 1. The zero-order valence-electron chi connectivity index (χ0n) is 13.8. The van der Waals surface area contributed by atoms with E-state index in [-0.39, 0.29) is 11.6 Å². The van der Waals surface area contributed by atoms with Gasteiger partial charge < -0.3 is 15.1 Å². The maximum Gasteiger partial charge on any atom is 0.318 e. The SMILES string of the molecule is O=C(NC1(c2ccccc2)CC1)N1CCN(c2ccccc2)CC1. The van der Waals surface area contributed by atoms with Crippen molar-refractivity contribution >= 4 is 11.7 Å². The number of hydrogen-bond acceptors (Lipinski definition) is 2. The van der Waals surface area contributed by atoms with Crippen LogP contribution in [0.25, 0.3) is 0 Å². The summed E-state index contributed by atoms with van der Waals surface area (Å²) in [6.45, 7) is 3.31. The van der Waals surface area contributed by atoms with Gasteiger partial charge >= 0.3 is 6.03 Å². The number of urea groups is 1. The van der Waals surface area contributed by atoms with Gasteiger partial charge in [0.15, 0.2) is 0 Å².